The molecule has 2 aromatic rings. The fourth-order valence-corrected chi connectivity index (χ4v) is 4.75. The summed E-state index contributed by atoms with van der Waals surface area (Å²) in [5.41, 5.74) is 2.79. The maximum absolute atomic E-state index is 13.1. The van der Waals surface area contributed by atoms with Gasteiger partial charge in [0.05, 0.1) is 18.0 Å². The first-order valence-corrected chi connectivity index (χ1v) is 14.2. The molecule has 200 valence electrons. The van der Waals surface area contributed by atoms with Crippen molar-refractivity contribution in [2.45, 2.75) is 97.8 Å². The summed E-state index contributed by atoms with van der Waals surface area (Å²) < 4.78 is 5.87. The van der Waals surface area contributed by atoms with Crippen LogP contribution in [0.4, 0.5) is 5.69 Å². The molecule has 0 aromatic heterocycles. The number of amides is 1. The molecule has 5 heteroatoms. The van der Waals surface area contributed by atoms with Crippen LogP contribution in [0.15, 0.2) is 53.6 Å². The third-order valence-corrected chi connectivity index (χ3v) is 7.08. The highest BCUT2D eigenvalue weighted by Crippen LogP contribution is 2.27. The number of aryl methyl sites for hydroxylation is 1. The lowest BCUT2D eigenvalue weighted by molar-refractivity contribution is -0.118. The topological polar surface area (TPSA) is 59.0 Å². The molecule has 0 aliphatic carbocycles. The molecule has 0 fully saturated rings. The van der Waals surface area contributed by atoms with Gasteiger partial charge < -0.3 is 4.74 Å². The highest BCUT2D eigenvalue weighted by atomic mass is 16.5. The Kier molecular flexibility index (Phi) is 11.9. The molecule has 0 saturated carbocycles. The molecule has 1 amide bonds. The van der Waals surface area contributed by atoms with Crippen LogP contribution >= 0.6 is 0 Å². The van der Waals surface area contributed by atoms with Crippen LogP contribution in [-0.4, -0.2) is 24.0 Å². The average molecular weight is 505 g/mol. The Morgan fingerprint density at radius 1 is 0.784 bits per heavy atom. The summed E-state index contributed by atoms with van der Waals surface area (Å²) in [6.07, 6.45) is 15.8. The second kappa shape index (κ2) is 15.3. The van der Waals surface area contributed by atoms with Gasteiger partial charge in [-0.05, 0) is 56.7 Å². The maximum Gasteiger partial charge on any atom is 0.264 e. The number of nitrogens with zero attached hydrogens (tertiary/aromatic N) is 2. The number of carbonyl (C=O) groups excluding carboxylic acids is 2. The SMILES string of the molecule is CCCCCCCCCCCCCCOc1ccc(C(=O)C2C(=O)N(c3ccc(C)cc3)N=C2C)cc1. The number of hydrogen-bond donors (Lipinski definition) is 0. The molecule has 37 heavy (non-hydrogen) atoms. The summed E-state index contributed by atoms with van der Waals surface area (Å²) in [6.45, 7) is 6.67. The van der Waals surface area contributed by atoms with Gasteiger partial charge in [0.15, 0.2) is 5.78 Å². The molecule has 1 unspecified atom stereocenters. The molecule has 1 aliphatic rings. The Morgan fingerprint density at radius 2 is 1.32 bits per heavy atom. The molecule has 0 N–H and O–H groups in total. The van der Waals surface area contributed by atoms with Crippen LogP contribution in [0.2, 0.25) is 0 Å². The van der Waals surface area contributed by atoms with E-state index in [1.54, 1.807) is 19.1 Å². The molecule has 2 aromatic carbocycles. The van der Waals surface area contributed by atoms with E-state index in [4.69, 9.17) is 4.74 Å². The number of unbranched alkanes of at least 4 members (excludes halogenated alkanes) is 11. The lowest BCUT2D eigenvalue weighted by Crippen LogP contribution is -2.32. The molecule has 1 atom stereocenters. The summed E-state index contributed by atoms with van der Waals surface area (Å²) in [5.74, 6) is -0.662. The summed E-state index contributed by atoms with van der Waals surface area (Å²) >= 11 is 0. The van der Waals surface area contributed by atoms with E-state index in [-0.39, 0.29) is 11.7 Å². The van der Waals surface area contributed by atoms with Gasteiger partial charge in [-0.15, -0.1) is 0 Å². The number of ether oxygens (including phenoxy) is 1. The largest absolute Gasteiger partial charge is 0.494 e. The number of ketones is 1. The number of rotatable bonds is 17. The first kappa shape index (κ1) is 28.6. The quantitative estimate of drug-likeness (QED) is 0.124. The monoisotopic (exact) mass is 504 g/mol. The van der Waals surface area contributed by atoms with Gasteiger partial charge in [0.25, 0.3) is 5.91 Å². The minimum absolute atomic E-state index is 0.228. The normalized spacial score (nSPS) is 15.2. The van der Waals surface area contributed by atoms with E-state index in [0.29, 0.717) is 23.6 Å². The van der Waals surface area contributed by atoms with Gasteiger partial charge in [-0.25, -0.2) is 0 Å². The first-order valence-electron chi connectivity index (χ1n) is 14.2. The molecular formula is C32H44N2O3. The number of benzene rings is 2. The Labute approximate surface area is 223 Å². The third-order valence-electron chi connectivity index (χ3n) is 7.08. The zero-order valence-electron chi connectivity index (χ0n) is 23.0. The Morgan fingerprint density at radius 3 is 1.89 bits per heavy atom. The lowest BCUT2D eigenvalue weighted by atomic mass is 9.93. The van der Waals surface area contributed by atoms with E-state index in [1.165, 1.54) is 75.6 Å². The van der Waals surface area contributed by atoms with Gasteiger partial charge >= 0.3 is 0 Å². The Hall–Kier alpha value is -2.95. The lowest BCUT2D eigenvalue weighted by Gasteiger charge is -2.14. The van der Waals surface area contributed by atoms with Crippen molar-refractivity contribution >= 4 is 23.1 Å². The smallest absolute Gasteiger partial charge is 0.264 e. The number of carbonyl (C=O) groups is 2. The second-order valence-corrected chi connectivity index (χ2v) is 10.3. The van der Waals surface area contributed by atoms with Gasteiger partial charge in [-0.3, -0.25) is 9.59 Å². The minimum Gasteiger partial charge on any atom is -0.494 e. The van der Waals surface area contributed by atoms with Crippen LogP contribution in [0.25, 0.3) is 0 Å². The molecule has 0 saturated heterocycles. The summed E-state index contributed by atoms with van der Waals surface area (Å²) in [5, 5.41) is 5.71. The zero-order valence-corrected chi connectivity index (χ0v) is 23.0. The predicted octanol–water partition coefficient (Wildman–Crippen LogP) is 8.30. The maximum atomic E-state index is 13.1. The van der Waals surface area contributed by atoms with Crippen molar-refractivity contribution in [1.29, 1.82) is 0 Å². The van der Waals surface area contributed by atoms with Crippen molar-refractivity contribution in [3.63, 3.8) is 0 Å². The van der Waals surface area contributed by atoms with Crippen LogP contribution in [0.3, 0.4) is 0 Å². The molecule has 1 aliphatic heterocycles. The van der Waals surface area contributed by atoms with Gasteiger partial charge in [0.1, 0.15) is 11.7 Å². The van der Waals surface area contributed by atoms with Crippen molar-refractivity contribution in [3.05, 3.63) is 59.7 Å². The Bertz CT molecular complexity index is 1010. The highest BCUT2D eigenvalue weighted by molar-refractivity contribution is 6.30. The average Bonchev–Trinajstić information content (AvgIpc) is 3.20. The van der Waals surface area contributed by atoms with E-state index in [0.717, 1.165) is 17.7 Å². The minimum atomic E-state index is -0.880. The summed E-state index contributed by atoms with van der Waals surface area (Å²) in [6, 6.07) is 14.7. The van der Waals surface area contributed by atoms with Crippen LogP contribution < -0.4 is 9.75 Å². The van der Waals surface area contributed by atoms with E-state index in [2.05, 4.69) is 12.0 Å². The number of hydrogen-bond acceptors (Lipinski definition) is 4. The number of Topliss-reactive ketones (excluding diaryl/α,β-unsaturated/α-hetero) is 1. The summed E-state index contributed by atoms with van der Waals surface area (Å²) in [7, 11) is 0. The molecule has 0 spiro atoms. The van der Waals surface area contributed by atoms with Gasteiger partial charge in [0, 0.05) is 5.56 Å². The Balaban J connectivity index is 1.34. The van der Waals surface area contributed by atoms with Crippen molar-refractivity contribution in [1.82, 2.24) is 0 Å². The third kappa shape index (κ3) is 8.84. The van der Waals surface area contributed by atoms with Crippen molar-refractivity contribution in [3.8, 4) is 5.75 Å². The van der Waals surface area contributed by atoms with E-state index < -0.39 is 5.92 Å². The molecule has 5 nitrogen and oxygen atoms in total. The van der Waals surface area contributed by atoms with Crippen molar-refractivity contribution in [2.75, 3.05) is 11.6 Å². The van der Waals surface area contributed by atoms with Gasteiger partial charge in [0.2, 0.25) is 0 Å². The van der Waals surface area contributed by atoms with Crippen molar-refractivity contribution < 1.29 is 14.3 Å². The summed E-state index contributed by atoms with van der Waals surface area (Å²) in [4.78, 5) is 26.1. The predicted molar refractivity (Wildman–Crippen MR) is 153 cm³/mol. The molecule has 3 rings (SSSR count). The fourth-order valence-electron chi connectivity index (χ4n) is 4.75. The van der Waals surface area contributed by atoms with E-state index in [1.807, 2.05) is 43.3 Å². The zero-order chi connectivity index (χ0) is 26.5. The first-order chi connectivity index (χ1) is 18.0. The standard InChI is InChI=1S/C32H44N2O3/c1-4-5-6-7-8-9-10-11-12-13-14-15-24-37-29-22-18-27(19-23-29)31(35)30-26(3)33-34(32(30)36)28-20-16-25(2)17-21-28/h16-23,30H,4-15,24H2,1-3H3. The van der Waals surface area contributed by atoms with Gasteiger partial charge in [-0.2, -0.15) is 10.1 Å². The van der Waals surface area contributed by atoms with Crippen LogP contribution in [0.1, 0.15) is 107 Å². The fraction of sp³-hybridized carbons (Fsp3) is 0.531. The highest BCUT2D eigenvalue weighted by Gasteiger charge is 2.39. The number of anilines is 1. The molecule has 1 heterocycles. The van der Waals surface area contributed by atoms with Crippen LogP contribution in [0, 0.1) is 12.8 Å². The van der Waals surface area contributed by atoms with E-state index in [9.17, 15) is 9.59 Å². The molecular weight excluding hydrogens is 460 g/mol. The van der Waals surface area contributed by atoms with Crippen molar-refractivity contribution in [2.24, 2.45) is 11.0 Å². The second-order valence-electron chi connectivity index (χ2n) is 10.3. The molecule has 0 bridgehead atoms. The number of hydrazone groups is 1. The molecule has 0 radical (unpaired) electrons. The van der Waals surface area contributed by atoms with E-state index >= 15 is 0 Å². The van der Waals surface area contributed by atoms with Crippen LogP contribution in [-0.2, 0) is 4.79 Å². The van der Waals surface area contributed by atoms with Gasteiger partial charge in [-0.1, -0.05) is 95.2 Å². The van der Waals surface area contributed by atoms with Crippen LogP contribution in [0.5, 0.6) is 5.75 Å².